The van der Waals surface area contributed by atoms with Crippen molar-refractivity contribution in [2.45, 2.75) is 12.2 Å². The smallest absolute Gasteiger partial charge is 0.240 e. The lowest BCUT2D eigenvalue weighted by molar-refractivity contribution is -0.119. The van der Waals surface area contributed by atoms with Crippen molar-refractivity contribution >= 4 is 33.4 Å². The van der Waals surface area contributed by atoms with E-state index in [2.05, 4.69) is 5.32 Å². The maximum absolute atomic E-state index is 13.4. The summed E-state index contributed by atoms with van der Waals surface area (Å²) >= 11 is 1.65. The first kappa shape index (κ1) is 21.2. The number of anilines is 1. The molecule has 10 heteroatoms. The number of hydrogen-bond donors (Lipinski definition) is 1. The van der Waals surface area contributed by atoms with E-state index in [0.29, 0.717) is 13.0 Å². The summed E-state index contributed by atoms with van der Waals surface area (Å²) in [5.41, 5.74) is -0.111. The van der Waals surface area contributed by atoms with Crippen molar-refractivity contribution < 1.29 is 26.4 Å². The van der Waals surface area contributed by atoms with Crippen molar-refractivity contribution in [2.75, 3.05) is 29.4 Å². The summed E-state index contributed by atoms with van der Waals surface area (Å²) in [5, 5.41) is 2.63. The monoisotopic (exact) mass is 418 g/mol. The van der Waals surface area contributed by atoms with Gasteiger partial charge in [-0.15, -0.1) is 0 Å². The van der Waals surface area contributed by atoms with E-state index in [1.165, 1.54) is 0 Å². The second-order valence-corrected chi connectivity index (χ2v) is 8.72. The van der Waals surface area contributed by atoms with Crippen LogP contribution in [0.3, 0.4) is 0 Å². The van der Waals surface area contributed by atoms with E-state index in [-0.39, 0.29) is 5.69 Å². The summed E-state index contributed by atoms with van der Waals surface area (Å²) in [5.74, 6) is -0.404. The van der Waals surface area contributed by atoms with Gasteiger partial charge >= 0.3 is 0 Å². The van der Waals surface area contributed by atoms with E-state index >= 15 is 0 Å². The van der Waals surface area contributed by atoms with Crippen LogP contribution in [-0.4, -0.2) is 39.4 Å². The Labute approximate surface area is 161 Å². The molecule has 0 atom stereocenters. The molecule has 0 aliphatic heterocycles. The Morgan fingerprint density at radius 2 is 2.04 bits per heavy atom. The number of nitrogens with zero attached hydrogens (tertiary/aromatic N) is 1. The molecule has 27 heavy (non-hydrogen) atoms. The Hall–Kier alpha value is -2.07. The molecule has 0 fully saturated rings. The number of benzene rings is 1. The molecule has 0 saturated carbocycles. The van der Waals surface area contributed by atoms with Crippen LogP contribution >= 0.6 is 11.8 Å². The lowest BCUT2D eigenvalue weighted by Gasteiger charge is -2.22. The maximum Gasteiger partial charge on any atom is 0.240 e. The van der Waals surface area contributed by atoms with Gasteiger partial charge in [-0.2, -0.15) is 11.8 Å². The van der Waals surface area contributed by atoms with Crippen LogP contribution < -0.4 is 9.62 Å². The minimum atomic E-state index is -3.84. The Balaban J connectivity index is 1.80. The van der Waals surface area contributed by atoms with Gasteiger partial charge in [0.1, 0.15) is 12.3 Å². The van der Waals surface area contributed by atoms with Gasteiger partial charge in [0.15, 0.2) is 11.6 Å². The molecule has 6 nitrogen and oxygen atoms in total. The van der Waals surface area contributed by atoms with Gasteiger partial charge in [0.25, 0.3) is 0 Å². The third-order valence-electron chi connectivity index (χ3n) is 3.49. The number of amides is 1. The molecule has 1 aromatic heterocycles. The van der Waals surface area contributed by atoms with Crippen LogP contribution in [0.5, 0.6) is 0 Å². The molecule has 2 rings (SSSR count). The van der Waals surface area contributed by atoms with Crippen LogP contribution in [0.15, 0.2) is 41.0 Å². The fourth-order valence-electron chi connectivity index (χ4n) is 2.20. The predicted molar refractivity (Wildman–Crippen MR) is 101 cm³/mol. The molecular formula is C17H20F2N2O4S2. The zero-order valence-corrected chi connectivity index (χ0v) is 16.3. The first-order chi connectivity index (χ1) is 12.8. The first-order valence-corrected chi connectivity index (χ1v) is 11.1. The van der Waals surface area contributed by atoms with Crippen LogP contribution in [0.4, 0.5) is 14.5 Å². The third-order valence-corrected chi connectivity index (χ3v) is 5.70. The molecule has 0 aliphatic carbocycles. The lowest BCUT2D eigenvalue weighted by atomic mass is 10.3. The predicted octanol–water partition coefficient (Wildman–Crippen LogP) is 2.76. The third kappa shape index (κ3) is 6.87. The minimum absolute atomic E-state index is 0.111. The number of rotatable bonds is 10. The quantitative estimate of drug-likeness (QED) is 0.600. The summed E-state index contributed by atoms with van der Waals surface area (Å²) in [6.07, 6.45) is 3.20. The largest absolute Gasteiger partial charge is 0.468 e. The number of sulfonamides is 1. The summed E-state index contributed by atoms with van der Waals surface area (Å²) in [7, 11) is -3.84. The molecule has 1 amide bonds. The Kier molecular flexibility index (Phi) is 7.66. The number of thioether (sulfide) groups is 1. The number of hydrogen-bond acceptors (Lipinski definition) is 5. The molecule has 1 aromatic carbocycles. The second kappa shape index (κ2) is 9.75. The fourth-order valence-corrected chi connectivity index (χ4v) is 3.90. The standard InChI is InChI=1S/C17H20F2N2O4S2/c1-27(23,24)21(13-5-6-15(18)16(19)10-13)11-17(22)20-7-3-9-26-12-14-4-2-8-25-14/h2,4-6,8,10H,3,7,9,11-12H2,1H3,(H,20,22). The van der Waals surface area contributed by atoms with Crippen LogP contribution in [0, 0.1) is 11.6 Å². The highest BCUT2D eigenvalue weighted by molar-refractivity contribution is 7.98. The number of carbonyl (C=O) groups is 1. The minimum Gasteiger partial charge on any atom is -0.468 e. The van der Waals surface area contributed by atoms with Crippen LogP contribution in [0.1, 0.15) is 12.2 Å². The van der Waals surface area contributed by atoms with Crippen LogP contribution in [0.25, 0.3) is 0 Å². The van der Waals surface area contributed by atoms with Crippen molar-refractivity contribution in [3.8, 4) is 0 Å². The highest BCUT2D eigenvalue weighted by Crippen LogP contribution is 2.20. The van der Waals surface area contributed by atoms with Crippen LogP contribution in [0.2, 0.25) is 0 Å². The Bertz CT molecular complexity index is 858. The Morgan fingerprint density at radius 3 is 2.67 bits per heavy atom. The van der Waals surface area contributed by atoms with E-state index in [4.69, 9.17) is 4.42 Å². The fraction of sp³-hybridized carbons (Fsp3) is 0.353. The van der Waals surface area contributed by atoms with Gasteiger partial charge in [-0.25, -0.2) is 17.2 Å². The zero-order valence-electron chi connectivity index (χ0n) is 14.7. The molecule has 148 valence electrons. The van der Waals surface area contributed by atoms with Gasteiger partial charge < -0.3 is 9.73 Å². The molecule has 0 aliphatic rings. The number of furan rings is 1. The SMILES string of the molecule is CS(=O)(=O)N(CC(=O)NCCCSCc1ccco1)c1ccc(F)c(F)c1. The van der Waals surface area contributed by atoms with Crippen molar-refractivity contribution in [3.63, 3.8) is 0 Å². The average molecular weight is 418 g/mol. The van der Waals surface area contributed by atoms with E-state index < -0.39 is 34.1 Å². The highest BCUT2D eigenvalue weighted by atomic mass is 32.2. The van der Waals surface area contributed by atoms with E-state index in [1.54, 1.807) is 18.0 Å². The highest BCUT2D eigenvalue weighted by Gasteiger charge is 2.21. The lowest BCUT2D eigenvalue weighted by Crippen LogP contribution is -2.40. The molecule has 1 heterocycles. The first-order valence-electron chi connectivity index (χ1n) is 8.07. The second-order valence-electron chi connectivity index (χ2n) is 5.70. The van der Waals surface area contributed by atoms with Gasteiger partial charge in [-0.05, 0) is 36.4 Å². The molecule has 2 aromatic rings. The molecule has 0 unspecified atom stereocenters. The van der Waals surface area contributed by atoms with E-state index in [1.807, 2.05) is 12.1 Å². The van der Waals surface area contributed by atoms with Gasteiger partial charge in [0.05, 0.1) is 24.0 Å². The van der Waals surface area contributed by atoms with Gasteiger partial charge in [0, 0.05) is 12.6 Å². The summed E-state index contributed by atoms with van der Waals surface area (Å²) in [4.78, 5) is 12.0. The molecule has 0 saturated heterocycles. The number of nitrogens with one attached hydrogen (secondary N) is 1. The molecule has 0 radical (unpaired) electrons. The summed E-state index contributed by atoms with van der Waals surface area (Å²) < 4.78 is 56.2. The van der Waals surface area contributed by atoms with Crippen LogP contribution in [-0.2, 0) is 20.6 Å². The Morgan fingerprint density at radius 1 is 1.26 bits per heavy atom. The number of halogens is 2. The van der Waals surface area contributed by atoms with E-state index in [0.717, 1.165) is 46.0 Å². The van der Waals surface area contributed by atoms with Gasteiger partial charge in [-0.3, -0.25) is 9.10 Å². The van der Waals surface area contributed by atoms with Crippen molar-refractivity contribution in [1.29, 1.82) is 0 Å². The zero-order chi connectivity index (χ0) is 19.9. The van der Waals surface area contributed by atoms with E-state index in [9.17, 15) is 22.0 Å². The van der Waals surface area contributed by atoms with Crippen molar-refractivity contribution in [2.24, 2.45) is 0 Å². The molecule has 1 N–H and O–H groups in total. The van der Waals surface area contributed by atoms with Gasteiger partial charge in [0.2, 0.25) is 15.9 Å². The summed E-state index contributed by atoms with van der Waals surface area (Å²) in [6, 6.07) is 6.37. The number of carbonyl (C=O) groups excluding carboxylic acids is 1. The van der Waals surface area contributed by atoms with Crippen molar-refractivity contribution in [1.82, 2.24) is 5.32 Å². The molecule has 0 bridgehead atoms. The van der Waals surface area contributed by atoms with Crippen molar-refractivity contribution in [3.05, 3.63) is 54.0 Å². The topological polar surface area (TPSA) is 79.6 Å². The summed E-state index contributed by atoms with van der Waals surface area (Å²) in [6.45, 7) is -0.136. The molecular weight excluding hydrogens is 398 g/mol. The maximum atomic E-state index is 13.4. The normalized spacial score (nSPS) is 11.4. The van der Waals surface area contributed by atoms with Gasteiger partial charge in [-0.1, -0.05) is 0 Å². The average Bonchev–Trinajstić information content (AvgIpc) is 3.11. The molecule has 0 spiro atoms.